The monoisotopic (exact) mass is 354 g/mol. The first kappa shape index (κ1) is 16.5. The van der Waals surface area contributed by atoms with Gasteiger partial charge in [-0.25, -0.2) is 4.99 Å². The van der Waals surface area contributed by atoms with Crippen LogP contribution >= 0.6 is 24.0 Å². The Morgan fingerprint density at radius 2 is 1.76 bits per heavy atom. The lowest BCUT2D eigenvalue weighted by molar-refractivity contribution is -0.119. The van der Waals surface area contributed by atoms with Gasteiger partial charge in [-0.2, -0.15) is 0 Å². The molecule has 0 aromatic heterocycles. The molecule has 1 N–H and O–H groups in total. The summed E-state index contributed by atoms with van der Waals surface area (Å²) in [5, 5.41) is 2.89. The van der Waals surface area contributed by atoms with Crippen molar-refractivity contribution in [1.29, 1.82) is 0 Å². The van der Waals surface area contributed by atoms with Gasteiger partial charge in [-0.05, 0) is 18.8 Å². The average molecular weight is 354 g/mol. The third-order valence-corrected chi connectivity index (χ3v) is 2.45. The summed E-state index contributed by atoms with van der Waals surface area (Å²) in [5.41, 5.74) is 0. The number of rotatable bonds is 4. The lowest BCUT2D eigenvalue weighted by Gasteiger charge is -2.22. The maximum Gasteiger partial charge on any atom is 0.241 e. The number of carbonyl (C=O) groups excluding carboxylic acids is 1. The predicted octanol–water partition coefficient (Wildman–Crippen LogP) is 0.610. The van der Waals surface area contributed by atoms with E-state index in [1.807, 2.05) is 38.0 Å². The second kappa shape index (κ2) is 7.73. The molecule has 100 valence electrons. The van der Waals surface area contributed by atoms with Crippen molar-refractivity contribution in [2.75, 3.05) is 41.3 Å². The summed E-state index contributed by atoms with van der Waals surface area (Å²) < 4.78 is 0. The third-order valence-electron chi connectivity index (χ3n) is 2.45. The minimum absolute atomic E-state index is 0. The Kier molecular flexibility index (Phi) is 7.49. The van der Waals surface area contributed by atoms with Gasteiger partial charge in [0.25, 0.3) is 0 Å². The molecule has 1 aliphatic carbocycles. The van der Waals surface area contributed by atoms with Crippen LogP contribution in [0.25, 0.3) is 0 Å². The molecule has 1 aliphatic rings. The third kappa shape index (κ3) is 6.70. The molecule has 0 aromatic carbocycles. The Morgan fingerprint density at radius 3 is 2.18 bits per heavy atom. The summed E-state index contributed by atoms with van der Waals surface area (Å²) in [7, 11) is 7.67. The zero-order chi connectivity index (χ0) is 12.1. The van der Waals surface area contributed by atoms with E-state index in [4.69, 9.17) is 0 Å². The summed E-state index contributed by atoms with van der Waals surface area (Å²) in [5.74, 6) is 1.53. The Bertz CT molecular complexity index is 265. The number of nitrogens with one attached hydrogen (secondary N) is 1. The molecule has 1 amide bonds. The molecule has 0 heterocycles. The minimum Gasteiger partial charge on any atom is -0.354 e. The number of aliphatic imine (C=N–C) groups is 1. The second-order valence-corrected chi connectivity index (χ2v) is 4.65. The molecule has 0 aromatic rings. The van der Waals surface area contributed by atoms with Crippen LogP contribution in [0.3, 0.4) is 0 Å². The molecule has 1 saturated carbocycles. The van der Waals surface area contributed by atoms with Crippen molar-refractivity contribution < 1.29 is 4.79 Å². The first-order chi connectivity index (χ1) is 7.50. The Balaban J connectivity index is 0.00000256. The van der Waals surface area contributed by atoms with Gasteiger partial charge in [-0.3, -0.25) is 4.79 Å². The topological polar surface area (TPSA) is 47.9 Å². The zero-order valence-electron chi connectivity index (χ0n) is 11.1. The van der Waals surface area contributed by atoms with E-state index < -0.39 is 0 Å². The van der Waals surface area contributed by atoms with Crippen LogP contribution in [0.4, 0.5) is 0 Å². The van der Waals surface area contributed by atoms with Crippen LogP contribution in [-0.2, 0) is 4.79 Å². The normalized spacial score (nSPS) is 13.4. The quantitative estimate of drug-likeness (QED) is 0.457. The number of halogens is 1. The van der Waals surface area contributed by atoms with E-state index in [0.717, 1.165) is 18.4 Å². The summed E-state index contributed by atoms with van der Waals surface area (Å²) >= 11 is 0. The number of hydrogen-bond donors (Lipinski definition) is 1. The summed E-state index contributed by atoms with van der Waals surface area (Å²) in [6.07, 6.45) is 2.51. The molecule has 1 rings (SSSR count). The number of hydrogen-bond acceptors (Lipinski definition) is 2. The lowest BCUT2D eigenvalue weighted by atomic mass is 10.4. The first-order valence-electron chi connectivity index (χ1n) is 5.66. The van der Waals surface area contributed by atoms with Crippen LogP contribution in [0.5, 0.6) is 0 Å². The van der Waals surface area contributed by atoms with Gasteiger partial charge in [-0.1, -0.05) is 0 Å². The van der Waals surface area contributed by atoms with Crippen LogP contribution in [0, 0.1) is 5.92 Å². The second-order valence-electron chi connectivity index (χ2n) is 4.65. The molecular weight excluding hydrogens is 331 g/mol. The smallest absolute Gasteiger partial charge is 0.241 e. The van der Waals surface area contributed by atoms with Gasteiger partial charge >= 0.3 is 0 Å². The highest BCUT2D eigenvalue weighted by molar-refractivity contribution is 14.0. The molecule has 0 radical (unpaired) electrons. The number of guanidine groups is 1. The first-order valence-corrected chi connectivity index (χ1v) is 5.66. The maximum absolute atomic E-state index is 11.5. The van der Waals surface area contributed by atoms with Crippen LogP contribution in [0.15, 0.2) is 4.99 Å². The molecule has 0 atom stereocenters. The fourth-order valence-electron chi connectivity index (χ4n) is 1.46. The van der Waals surface area contributed by atoms with Crippen molar-refractivity contribution in [2.45, 2.75) is 12.8 Å². The molecular formula is C11H23IN4O. The van der Waals surface area contributed by atoms with E-state index >= 15 is 0 Å². The van der Waals surface area contributed by atoms with Gasteiger partial charge in [0.05, 0.1) is 0 Å². The number of amides is 1. The highest BCUT2D eigenvalue weighted by atomic mass is 127. The molecule has 0 saturated heterocycles. The summed E-state index contributed by atoms with van der Waals surface area (Å²) in [4.78, 5) is 19.5. The van der Waals surface area contributed by atoms with Gasteiger partial charge < -0.3 is 15.1 Å². The largest absolute Gasteiger partial charge is 0.354 e. The minimum atomic E-state index is 0. The van der Waals surface area contributed by atoms with Crippen molar-refractivity contribution in [1.82, 2.24) is 15.1 Å². The van der Waals surface area contributed by atoms with Gasteiger partial charge in [0.1, 0.15) is 6.54 Å². The van der Waals surface area contributed by atoms with E-state index in [9.17, 15) is 4.79 Å². The Hall–Kier alpha value is -0.530. The Labute approximate surface area is 121 Å². The Morgan fingerprint density at radius 1 is 1.24 bits per heavy atom. The van der Waals surface area contributed by atoms with Crippen molar-refractivity contribution in [3.05, 3.63) is 0 Å². The van der Waals surface area contributed by atoms with E-state index in [-0.39, 0.29) is 36.4 Å². The molecule has 0 aliphatic heterocycles. The predicted molar refractivity (Wildman–Crippen MR) is 80.8 cm³/mol. The van der Waals surface area contributed by atoms with E-state index in [1.165, 1.54) is 12.8 Å². The number of nitrogens with zero attached hydrogens (tertiary/aromatic N) is 3. The van der Waals surface area contributed by atoms with Crippen molar-refractivity contribution >= 4 is 35.8 Å². The fourth-order valence-corrected chi connectivity index (χ4v) is 1.46. The van der Waals surface area contributed by atoms with Gasteiger partial charge in [0.15, 0.2) is 5.96 Å². The molecule has 0 bridgehead atoms. The van der Waals surface area contributed by atoms with E-state index in [0.29, 0.717) is 0 Å². The molecule has 17 heavy (non-hydrogen) atoms. The summed E-state index contributed by atoms with van der Waals surface area (Å²) in [6, 6.07) is 0. The van der Waals surface area contributed by atoms with Gasteiger partial charge in [-0.15, -0.1) is 24.0 Å². The van der Waals surface area contributed by atoms with Crippen LogP contribution < -0.4 is 5.32 Å². The molecule has 6 heteroatoms. The zero-order valence-corrected chi connectivity index (χ0v) is 13.4. The summed E-state index contributed by atoms with van der Waals surface area (Å²) in [6.45, 7) is 1.02. The van der Waals surface area contributed by atoms with Gasteiger partial charge in [0.2, 0.25) is 5.91 Å². The highest BCUT2D eigenvalue weighted by Crippen LogP contribution is 2.27. The molecule has 5 nitrogen and oxygen atoms in total. The molecule has 0 unspecified atom stereocenters. The fraction of sp³-hybridized carbons (Fsp3) is 0.818. The van der Waals surface area contributed by atoms with E-state index in [2.05, 4.69) is 10.3 Å². The van der Waals surface area contributed by atoms with Gasteiger partial charge in [0, 0.05) is 34.7 Å². The highest BCUT2D eigenvalue weighted by Gasteiger charge is 2.21. The van der Waals surface area contributed by atoms with E-state index in [1.54, 1.807) is 0 Å². The lowest BCUT2D eigenvalue weighted by Crippen LogP contribution is -2.37. The van der Waals surface area contributed by atoms with Crippen LogP contribution in [-0.4, -0.2) is 62.9 Å². The number of carbonyl (C=O) groups is 1. The molecule has 1 fully saturated rings. The maximum atomic E-state index is 11.5. The van der Waals surface area contributed by atoms with Crippen molar-refractivity contribution in [3.63, 3.8) is 0 Å². The van der Waals surface area contributed by atoms with Crippen molar-refractivity contribution in [2.24, 2.45) is 10.9 Å². The van der Waals surface area contributed by atoms with Crippen LogP contribution in [0.2, 0.25) is 0 Å². The van der Waals surface area contributed by atoms with Crippen molar-refractivity contribution in [3.8, 4) is 0 Å². The average Bonchev–Trinajstić information content (AvgIpc) is 2.97. The standard InChI is InChI=1S/C11H22N4O.HI/c1-14(2)11(15(3)4)13-8-10(16)12-7-9-5-6-9;/h9H,5-8H2,1-4H3,(H,12,16);1H. The SMILES string of the molecule is CN(C)C(=NCC(=O)NCC1CC1)N(C)C.I. The van der Waals surface area contributed by atoms with Crippen LogP contribution in [0.1, 0.15) is 12.8 Å². The molecule has 0 spiro atoms.